The minimum atomic E-state index is 0.537. The van der Waals surface area contributed by atoms with E-state index in [-0.39, 0.29) is 0 Å². The van der Waals surface area contributed by atoms with Gasteiger partial charge in [-0.2, -0.15) is 0 Å². The topological polar surface area (TPSA) is 38.0 Å². The molecule has 0 aromatic heterocycles. The molecule has 0 atom stereocenters. The Kier molecular flexibility index (Phi) is 3.17. The first-order valence-electron chi connectivity index (χ1n) is 5.41. The summed E-state index contributed by atoms with van der Waals surface area (Å²) in [5, 5.41) is 0. The normalized spacial score (nSPS) is 27.5. The van der Waals surface area contributed by atoms with Crippen molar-refractivity contribution in [3.05, 3.63) is 35.9 Å². The quantitative estimate of drug-likeness (QED) is 0.554. The highest BCUT2D eigenvalue weighted by atomic mass is 15.2. The van der Waals surface area contributed by atoms with E-state index in [0.29, 0.717) is 6.04 Å². The van der Waals surface area contributed by atoms with Gasteiger partial charge >= 0.3 is 0 Å². The standard InChI is InChI=1S/C12H18N2/c13-14-12-8-6-11(7-9-12)10-4-2-1-3-5-10/h1-5,11-12,14H,6-9,13H2. The van der Waals surface area contributed by atoms with Gasteiger partial charge in [0.2, 0.25) is 0 Å². The van der Waals surface area contributed by atoms with E-state index in [1.54, 1.807) is 0 Å². The van der Waals surface area contributed by atoms with E-state index >= 15 is 0 Å². The first kappa shape index (κ1) is 9.69. The molecule has 14 heavy (non-hydrogen) atoms. The average molecular weight is 190 g/mol. The SMILES string of the molecule is NNC1CCC(c2ccccc2)CC1. The molecule has 1 fully saturated rings. The summed E-state index contributed by atoms with van der Waals surface area (Å²) in [4.78, 5) is 0. The van der Waals surface area contributed by atoms with Crippen molar-refractivity contribution in [2.45, 2.75) is 37.6 Å². The first-order valence-corrected chi connectivity index (χ1v) is 5.41. The number of rotatable bonds is 2. The summed E-state index contributed by atoms with van der Waals surface area (Å²) in [5.74, 6) is 6.19. The zero-order valence-corrected chi connectivity index (χ0v) is 8.45. The molecule has 0 saturated heterocycles. The summed E-state index contributed by atoms with van der Waals surface area (Å²) >= 11 is 0. The van der Waals surface area contributed by atoms with Crippen LogP contribution in [-0.4, -0.2) is 6.04 Å². The monoisotopic (exact) mass is 190 g/mol. The molecular formula is C12H18N2. The van der Waals surface area contributed by atoms with Crippen LogP contribution in [0.1, 0.15) is 37.2 Å². The number of benzene rings is 1. The second-order valence-corrected chi connectivity index (χ2v) is 4.13. The molecule has 1 saturated carbocycles. The van der Waals surface area contributed by atoms with Crippen LogP contribution in [0.2, 0.25) is 0 Å². The molecular weight excluding hydrogens is 172 g/mol. The van der Waals surface area contributed by atoms with Crippen LogP contribution in [0.4, 0.5) is 0 Å². The third kappa shape index (κ3) is 2.14. The second-order valence-electron chi connectivity index (χ2n) is 4.13. The Labute approximate surface area is 85.5 Å². The molecule has 0 heterocycles. The highest BCUT2D eigenvalue weighted by Gasteiger charge is 2.20. The lowest BCUT2D eigenvalue weighted by Gasteiger charge is -2.28. The fourth-order valence-corrected chi connectivity index (χ4v) is 2.32. The maximum Gasteiger partial charge on any atom is 0.0211 e. The zero-order chi connectivity index (χ0) is 9.80. The Morgan fingerprint density at radius 2 is 1.64 bits per heavy atom. The minimum Gasteiger partial charge on any atom is -0.271 e. The number of hydrogen-bond donors (Lipinski definition) is 2. The fraction of sp³-hybridized carbons (Fsp3) is 0.500. The highest BCUT2D eigenvalue weighted by molar-refractivity contribution is 5.19. The van der Waals surface area contributed by atoms with Crippen LogP contribution in [0.5, 0.6) is 0 Å². The van der Waals surface area contributed by atoms with E-state index in [9.17, 15) is 0 Å². The van der Waals surface area contributed by atoms with Crippen LogP contribution >= 0.6 is 0 Å². The van der Waals surface area contributed by atoms with E-state index in [0.717, 1.165) is 5.92 Å². The molecule has 0 radical (unpaired) electrons. The molecule has 2 nitrogen and oxygen atoms in total. The predicted octanol–water partition coefficient (Wildman–Crippen LogP) is 2.18. The molecule has 0 bridgehead atoms. The van der Waals surface area contributed by atoms with Crippen LogP contribution < -0.4 is 11.3 Å². The molecule has 0 aliphatic heterocycles. The van der Waals surface area contributed by atoms with E-state index < -0.39 is 0 Å². The van der Waals surface area contributed by atoms with Crippen molar-refractivity contribution in [1.82, 2.24) is 5.43 Å². The molecule has 0 amide bonds. The zero-order valence-electron chi connectivity index (χ0n) is 8.45. The minimum absolute atomic E-state index is 0.537. The van der Waals surface area contributed by atoms with Crippen molar-refractivity contribution in [2.24, 2.45) is 5.84 Å². The Morgan fingerprint density at radius 1 is 1.00 bits per heavy atom. The Balaban J connectivity index is 1.96. The maximum absolute atomic E-state index is 5.44. The molecule has 3 N–H and O–H groups in total. The fourth-order valence-electron chi connectivity index (χ4n) is 2.32. The molecule has 1 aliphatic carbocycles. The lowest BCUT2D eigenvalue weighted by molar-refractivity contribution is 0.347. The Hall–Kier alpha value is -0.860. The van der Waals surface area contributed by atoms with E-state index in [1.165, 1.54) is 31.2 Å². The predicted molar refractivity (Wildman–Crippen MR) is 58.8 cm³/mol. The largest absolute Gasteiger partial charge is 0.271 e. The smallest absolute Gasteiger partial charge is 0.0211 e. The lowest BCUT2D eigenvalue weighted by atomic mass is 9.82. The van der Waals surface area contributed by atoms with Gasteiger partial charge in [0.15, 0.2) is 0 Å². The van der Waals surface area contributed by atoms with Crippen LogP contribution in [0.3, 0.4) is 0 Å². The van der Waals surface area contributed by atoms with E-state index in [1.807, 2.05) is 0 Å². The maximum atomic E-state index is 5.44. The molecule has 76 valence electrons. The molecule has 1 aromatic carbocycles. The van der Waals surface area contributed by atoms with Crippen molar-refractivity contribution >= 4 is 0 Å². The summed E-state index contributed by atoms with van der Waals surface area (Å²) in [6.07, 6.45) is 4.93. The van der Waals surface area contributed by atoms with Gasteiger partial charge < -0.3 is 0 Å². The first-order chi connectivity index (χ1) is 6.90. The Morgan fingerprint density at radius 3 is 2.21 bits per heavy atom. The van der Waals surface area contributed by atoms with E-state index in [2.05, 4.69) is 35.8 Å². The average Bonchev–Trinajstić information content (AvgIpc) is 2.30. The van der Waals surface area contributed by atoms with Crippen molar-refractivity contribution in [3.8, 4) is 0 Å². The van der Waals surface area contributed by atoms with Crippen molar-refractivity contribution in [1.29, 1.82) is 0 Å². The van der Waals surface area contributed by atoms with Crippen LogP contribution in [-0.2, 0) is 0 Å². The molecule has 0 unspecified atom stereocenters. The third-order valence-corrected chi connectivity index (χ3v) is 3.23. The number of hydrazine groups is 1. The van der Waals surface area contributed by atoms with Crippen LogP contribution in [0.25, 0.3) is 0 Å². The van der Waals surface area contributed by atoms with Gasteiger partial charge in [-0.1, -0.05) is 30.3 Å². The highest BCUT2D eigenvalue weighted by Crippen LogP contribution is 2.32. The molecule has 1 aliphatic rings. The van der Waals surface area contributed by atoms with Gasteiger partial charge in [-0.15, -0.1) is 0 Å². The van der Waals surface area contributed by atoms with Crippen LogP contribution in [0, 0.1) is 0 Å². The van der Waals surface area contributed by atoms with E-state index in [4.69, 9.17) is 5.84 Å². The van der Waals surface area contributed by atoms with Gasteiger partial charge in [0.1, 0.15) is 0 Å². The summed E-state index contributed by atoms with van der Waals surface area (Å²) in [7, 11) is 0. The summed E-state index contributed by atoms with van der Waals surface area (Å²) in [6, 6.07) is 11.3. The third-order valence-electron chi connectivity index (χ3n) is 3.23. The molecule has 1 aromatic rings. The van der Waals surface area contributed by atoms with Gasteiger partial charge in [0.05, 0.1) is 0 Å². The van der Waals surface area contributed by atoms with Crippen molar-refractivity contribution in [3.63, 3.8) is 0 Å². The van der Waals surface area contributed by atoms with Gasteiger partial charge in [0.25, 0.3) is 0 Å². The van der Waals surface area contributed by atoms with Gasteiger partial charge in [-0.05, 0) is 37.2 Å². The number of nitrogens with two attached hydrogens (primary N) is 1. The summed E-state index contributed by atoms with van der Waals surface area (Å²) in [5.41, 5.74) is 4.36. The van der Waals surface area contributed by atoms with Crippen molar-refractivity contribution in [2.75, 3.05) is 0 Å². The lowest BCUT2D eigenvalue weighted by Crippen LogP contribution is -2.37. The molecule has 0 spiro atoms. The summed E-state index contributed by atoms with van der Waals surface area (Å²) < 4.78 is 0. The van der Waals surface area contributed by atoms with Crippen molar-refractivity contribution < 1.29 is 0 Å². The van der Waals surface area contributed by atoms with Crippen LogP contribution in [0.15, 0.2) is 30.3 Å². The molecule has 2 heteroatoms. The summed E-state index contributed by atoms with van der Waals surface area (Å²) in [6.45, 7) is 0. The van der Waals surface area contributed by atoms with Gasteiger partial charge in [-0.25, -0.2) is 0 Å². The van der Waals surface area contributed by atoms with Gasteiger partial charge in [0, 0.05) is 6.04 Å². The number of nitrogens with one attached hydrogen (secondary N) is 1. The Bertz CT molecular complexity index is 263. The van der Waals surface area contributed by atoms with Gasteiger partial charge in [-0.3, -0.25) is 11.3 Å². The number of hydrogen-bond acceptors (Lipinski definition) is 2. The second kappa shape index (κ2) is 4.58. The molecule has 2 rings (SSSR count).